The van der Waals surface area contributed by atoms with Crippen LogP contribution in [0.4, 0.5) is 0 Å². The van der Waals surface area contributed by atoms with Crippen molar-refractivity contribution in [2.24, 2.45) is 11.8 Å². The Morgan fingerprint density at radius 3 is 0.956 bits per heavy atom. The van der Waals surface area contributed by atoms with Crippen molar-refractivity contribution in [2.75, 3.05) is 0 Å². The summed E-state index contributed by atoms with van der Waals surface area (Å²) >= 11 is -5.45. The van der Waals surface area contributed by atoms with E-state index in [0.29, 0.717) is 11.8 Å². The molecule has 0 amide bonds. The molecule has 0 heterocycles. The zero-order valence-corrected chi connectivity index (χ0v) is 47.7. The second kappa shape index (κ2) is 18.6. The average Bonchev–Trinajstić information content (AvgIpc) is 4.10. The van der Waals surface area contributed by atoms with Crippen LogP contribution in [0.25, 0.3) is 56.7 Å². The number of allylic oxidation sites excluding steroid dienone is 2. The van der Waals surface area contributed by atoms with Crippen LogP contribution in [-0.2, 0) is 15.6 Å². The van der Waals surface area contributed by atoms with Gasteiger partial charge in [0.25, 0.3) is 0 Å². The third kappa shape index (κ3) is 8.73. The van der Waals surface area contributed by atoms with Crippen molar-refractivity contribution in [1.82, 2.24) is 0 Å². The van der Waals surface area contributed by atoms with Crippen LogP contribution in [0, 0.1) is 67.2 Å². The normalized spacial score (nSPS) is 19.0. The van der Waals surface area contributed by atoms with Crippen LogP contribution in [-0.4, -0.2) is 5.92 Å². The van der Waals surface area contributed by atoms with Crippen LogP contribution >= 0.6 is 17.0 Å². The summed E-state index contributed by atoms with van der Waals surface area (Å²) < 4.78 is -0.0211. The van der Waals surface area contributed by atoms with E-state index in [4.69, 9.17) is 0 Å². The molecule has 2 saturated carbocycles. The fourth-order valence-electron chi connectivity index (χ4n) is 14.2. The maximum absolute atomic E-state index is 9.65. The van der Waals surface area contributed by atoms with E-state index in [2.05, 4.69) is 178 Å². The Hall–Kier alpha value is -3.52. The van der Waals surface area contributed by atoms with Gasteiger partial charge in [0.2, 0.25) is 0 Å². The summed E-state index contributed by atoms with van der Waals surface area (Å²) in [5, 5.41) is 0. The van der Waals surface area contributed by atoms with Crippen molar-refractivity contribution in [2.45, 2.75) is 140 Å². The minimum absolute atomic E-state index is 0.0105. The summed E-state index contributed by atoms with van der Waals surface area (Å²) in [7, 11) is 19.3. The Balaban J connectivity index is 1.32. The summed E-state index contributed by atoms with van der Waals surface area (Å²) in [6.07, 6.45) is 18.0. The van der Waals surface area contributed by atoms with Crippen LogP contribution in [0.5, 0.6) is 0 Å². The molecule has 2 fully saturated rings. The Bertz CT molecular complexity index is 2760. The fraction of sp³-hybridized carbons (Fsp3) is 0.375. The molecule has 0 spiro atoms. The zero-order valence-electron chi connectivity index (χ0n) is 42.6. The molecule has 351 valence electrons. The average molecular weight is 1030 g/mol. The van der Waals surface area contributed by atoms with Crippen molar-refractivity contribution in [3.8, 4) is 44.5 Å². The first-order valence-corrected chi connectivity index (χ1v) is 42.4. The van der Waals surface area contributed by atoms with Gasteiger partial charge >= 0.3 is 422 Å². The summed E-state index contributed by atoms with van der Waals surface area (Å²) in [6, 6.07) is 38.4. The van der Waals surface area contributed by atoms with Gasteiger partial charge < -0.3 is 0 Å². The van der Waals surface area contributed by atoms with Crippen molar-refractivity contribution < 1.29 is 15.6 Å². The van der Waals surface area contributed by atoms with Gasteiger partial charge in [-0.25, -0.2) is 0 Å². The summed E-state index contributed by atoms with van der Waals surface area (Å²) in [5.41, 5.74) is 29.6. The molecule has 2 unspecified atom stereocenters. The zero-order chi connectivity index (χ0) is 47.8. The van der Waals surface area contributed by atoms with Crippen molar-refractivity contribution in [3.63, 3.8) is 0 Å². The van der Waals surface area contributed by atoms with Crippen LogP contribution in [0.1, 0.15) is 138 Å². The van der Waals surface area contributed by atoms with Crippen LogP contribution in [0.3, 0.4) is 0 Å². The molecule has 4 aliphatic carbocycles. The summed E-state index contributed by atoms with van der Waals surface area (Å²) in [4.78, 5) is 0. The standard InChI is InChI=1S/2C31H33.C2H7Si.2ClH.Zr/c2*1-20-11-21(2)14-26(13-20)28-9-10-29(27-15-22(3)12-23(4)16-27)31-19-25(18-30(28)31)17-24-7-5-6-8-24;1-3-2;;;/h2*9-16,18-19,24H,5-8,17H2,1-4H3;3H,1-2H3;2*1H;/q;;;;;+2/p-2. The number of benzene rings is 6. The quantitative estimate of drug-likeness (QED) is 0.113. The van der Waals surface area contributed by atoms with Gasteiger partial charge in [-0.05, 0) is 0 Å². The molecule has 6 aromatic rings. The van der Waals surface area contributed by atoms with Gasteiger partial charge in [0, 0.05) is 0 Å². The Kier molecular flexibility index (Phi) is 13.2. The molecular weight excluding hydrogens is 959 g/mol. The molecule has 6 aromatic carbocycles. The van der Waals surface area contributed by atoms with E-state index in [1.54, 1.807) is 11.1 Å². The van der Waals surface area contributed by atoms with Gasteiger partial charge in [0.05, 0.1) is 0 Å². The van der Waals surface area contributed by atoms with E-state index < -0.39 is 21.5 Å². The molecule has 4 heteroatoms. The molecule has 0 aromatic heterocycles. The number of fused-ring (bicyclic) bond motifs is 2. The monoisotopic (exact) mass is 1030 g/mol. The summed E-state index contributed by atoms with van der Waals surface area (Å²) in [6.45, 7) is 23.2. The van der Waals surface area contributed by atoms with E-state index >= 15 is 0 Å². The molecule has 0 nitrogen and oxygen atoms in total. The SMILES string of the molecule is Cc1cc(C)cc(-c2ccc(-c3cc(C)cc(C)c3)c3c2C=C(CC2CCCC2)[CH]3[Zr]([Cl])([Cl])([CH]2C(CC3CCCC3)=Cc3c(-c4cc(C)cc(C)c4)ccc(-c4cc(C)cc(C)c4)c32)[SiH](C)C)c1. The topological polar surface area (TPSA) is 0 Å². The van der Waals surface area contributed by atoms with Gasteiger partial charge in [-0.3, -0.25) is 0 Å². The molecule has 2 atom stereocenters. The molecule has 0 radical (unpaired) electrons. The number of hydrogen-bond donors (Lipinski definition) is 0. The molecule has 68 heavy (non-hydrogen) atoms. The first-order chi connectivity index (χ1) is 32.4. The van der Waals surface area contributed by atoms with Gasteiger partial charge in [-0.15, -0.1) is 0 Å². The Morgan fingerprint density at radius 1 is 0.412 bits per heavy atom. The van der Waals surface area contributed by atoms with E-state index in [-0.39, 0.29) is 7.25 Å². The number of rotatable bonds is 11. The van der Waals surface area contributed by atoms with Gasteiger partial charge in [-0.1, -0.05) is 0 Å². The molecule has 0 saturated heterocycles. The third-order valence-corrected chi connectivity index (χ3v) is 68.6. The van der Waals surface area contributed by atoms with Crippen molar-refractivity contribution in [1.29, 1.82) is 0 Å². The van der Waals surface area contributed by atoms with E-state index in [1.807, 2.05) is 0 Å². The fourth-order valence-corrected chi connectivity index (χ4v) is 45.3. The Morgan fingerprint density at radius 2 is 0.676 bits per heavy atom. The molecule has 0 bridgehead atoms. The predicted octanol–water partition coefficient (Wildman–Crippen LogP) is 19.5. The van der Waals surface area contributed by atoms with Crippen LogP contribution < -0.4 is 0 Å². The van der Waals surface area contributed by atoms with E-state index in [0.717, 1.165) is 12.8 Å². The minimum atomic E-state index is -5.45. The molecular formula is C64H73Cl2SiZr. The molecule has 0 N–H and O–H groups in total. The molecule has 4 aliphatic rings. The first-order valence-electron chi connectivity index (χ1n) is 26.1. The van der Waals surface area contributed by atoms with Crippen molar-refractivity contribution in [3.05, 3.63) is 175 Å². The van der Waals surface area contributed by atoms with Gasteiger partial charge in [0.15, 0.2) is 0 Å². The predicted molar refractivity (Wildman–Crippen MR) is 298 cm³/mol. The van der Waals surface area contributed by atoms with E-state index in [9.17, 15) is 17.0 Å². The van der Waals surface area contributed by atoms with Gasteiger partial charge in [-0.2, -0.15) is 0 Å². The van der Waals surface area contributed by atoms with Crippen molar-refractivity contribution >= 4 is 35.1 Å². The number of aryl methyl sites for hydroxylation is 8. The molecule has 10 rings (SSSR count). The van der Waals surface area contributed by atoms with Crippen LogP contribution in [0.2, 0.25) is 13.1 Å². The Labute approximate surface area is 418 Å². The molecule has 0 aliphatic heterocycles. The maximum atomic E-state index is 9.65. The van der Waals surface area contributed by atoms with E-state index in [1.165, 1.54) is 163 Å². The van der Waals surface area contributed by atoms with Gasteiger partial charge in [0.1, 0.15) is 0 Å². The second-order valence-corrected chi connectivity index (χ2v) is 65.4. The second-order valence-electron chi connectivity index (χ2n) is 22.9. The number of halogens is 2. The third-order valence-electron chi connectivity index (χ3n) is 16.9. The number of hydrogen-bond acceptors (Lipinski definition) is 0. The first kappa shape index (κ1) is 48.1. The van der Waals surface area contributed by atoms with Crippen LogP contribution in [0.15, 0.2) is 108 Å². The summed E-state index contributed by atoms with van der Waals surface area (Å²) in [5.74, 6) is -0.627.